The summed E-state index contributed by atoms with van der Waals surface area (Å²) in [7, 11) is 0. The number of nitrogens with zero attached hydrogens (tertiary/aromatic N) is 3. The van der Waals surface area contributed by atoms with Crippen molar-refractivity contribution >= 4 is 6.09 Å². The lowest BCUT2D eigenvalue weighted by molar-refractivity contribution is -0.137. The van der Waals surface area contributed by atoms with Gasteiger partial charge in [-0.05, 0) is 32.9 Å². The Labute approximate surface area is 139 Å². The van der Waals surface area contributed by atoms with E-state index >= 15 is 0 Å². The van der Waals surface area contributed by atoms with Crippen LogP contribution >= 0.6 is 0 Å². The fourth-order valence-corrected chi connectivity index (χ4v) is 2.33. The van der Waals surface area contributed by atoms with Gasteiger partial charge in [0.2, 0.25) is 0 Å². The van der Waals surface area contributed by atoms with Crippen LogP contribution in [0.3, 0.4) is 0 Å². The maximum Gasteiger partial charge on any atom is 0.417 e. The number of amides is 1. The monoisotopic (exact) mass is 345 g/mol. The molecule has 1 saturated heterocycles. The molecule has 1 fully saturated rings. The van der Waals surface area contributed by atoms with E-state index in [4.69, 9.17) is 4.74 Å². The maximum absolute atomic E-state index is 12.5. The minimum absolute atomic E-state index is 0.338. The summed E-state index contributed by atoms with van der Waals surface area (Å²) in [5.74, 6) is 0. The molecule has 0 spiro atoms. The van der Waals surface area contributed by atoms with Crippen LogP contribution in [0.15, 0.2) is 18.3 Å². The number of hydrogen-bond donors (Lipinski definition) is 0. The van der Waals surface area contributed by atoms with Crippen LogP contribution in [0.5, 0.6) is 0 Å². The largest absolute Gasteiger partial charge is 0.444 e. The molecule has 2 rings (SSSR count). The van der Waals surface area contributed by atoms with Crippen LogP contribution < -0.4 is 0 Å². The van der Waals surface area contributed by atoms with E-state index < -0.39 is 17.3 Å². The van der Waals surface area contributed by atoms with Crippen molar-refractivity contribution in [3.8, 4) is 0 Å². The zero-order chi connectivity index (χ0) is 18.0. The van der Waals surface area contributed by atoms with Gasteiger partial charge >= 0.3 is 12.3 Å². The van der Waals surface area contributed by atoms with Crippen LogP contribution in [0, 0.1) is 0 Å². The quantitative estimate of drug-likeness (QED) is 0.826. The van der Waals surface area contributed by atoms with Crippen molar-refractivity contribution in [1.29, 1.82) is 0 Å². The number of hydrogen-bond acceptors (Lipinski definition) is 4. The summed E-state index contributed by atoms with van der Waals surface area (Å²) in [6, 6.07) is 2.43. The molecule has 24 heavy (non-hydrogen) atoms. The second-order valence-electron chi connectivity index (χ2n) is 6.78. The van der Waals surface area contributed by atoms with Gasteiger partial charge in [-0.15, -0.1) is 0 Å². The molecule has 5 nitrogen and oxygen atoms in total. The third-order valence-corrected chi connectivity index (χ3v) is 3.56. The molecule has 134 valence electrons. The smallest absolute Gasteiger partial charge is 0.417 e. The van der Waals surface area contributed by atoms with Crippen LogP contribution in [0.25, 0.3) is 0 Å². The van der Waals surface area contributed by atoms with Gasteiger partial charge in [0.15, 0.2) is 0 Å². The molecule has 0 bridgehead atoms. The fourth-order valence-electron chi connectivity index (χ4n) is 2.33. The van der Waals surface area contributed by atoms with Crippen molar-refractivity contribution in [2.45, 2.75) is 39.1 Å². The van der Waals surface area contributed by atoms with Crippen molar-refractivity contribution in [3.05, 3.63) is 29.6 Å². The molecular formula is C16H22F3N3O2. The molecule has 1 aromatic heterocycles. The minimum atomic E-state index is -4.37. The van der Waals surface area contributed by atoms with E-state index in [2.05, 4.69) is 9.88 Å². The van der Waals surface area contributed by atoms with Crippen LogP contribution in [-0.2, 0) is 17.5 Å². The molecule has 0 saturated carbocycles. The lowest BCUT2D eigenvalue weighted by Crippen LogP contribution is -2.49. The summed E-state index contributed by atoms with van der Waals surface area (Å²) < 4.78 is 42.9. The minimum Gasteiger partial charge on any atom is -0.444 e. The van der Waals surface area contributed by atoms with E-state index in [1.165, 1.54) is 6.07 Å². The first-order chi connectivity index (χ1) is 11.0. The summed E-state index contributed by atoms with van der Waals surface area (Å²) >= 11 is 0. The maximum atomic E-state index is 12.5. The standard InChI is InChI=1S/C16H22F3N3O2/c1-15(2,3)24-14(23)22-8-6-21(7-9-22)11-13-5-4-12(10-20-13)16(17,18)19/h4-5,10H,6-9,11H2,1-3H3. The Balaban J connectivity index is 1.84. The van der Waals surface area contributed by atoms with Gasteiger partial charge in [0, 0.05) is 38.9 Å². The number of carbonyl (C=O) groups excluding carboxylic acids is 1. The first-order valence-corrected chi connectivity index (χ1v) is 7.77. The Morgan fingerprint density at radius 2 is 1.79 bits per heavy atom. The first-order valence-electron chi connectivity index (χ1n) is 7.77. The Morgan fingerprint density at radius 3 is 2.25 bits per heavy atom. The third kappa shape index (κ3) is 5.36. The zero-order valence-corrected chi connectivity index (χ0v) is 14.1. The number of halogens is 3. The molecule has 2 heterocycles. The molecule has 1 aliphatic rings. The molecular weight excluding hydrogens is 323 g/mol. The van der Waals surface area contributed by atoms with Gasteiger partial charge in [0.25, 0.3) is 0 Å². The molecule has 0 unspecified atom stereocenters. The molecule has 1 amide bonds. The van der Waals surface area contributed by atoms with E-state index in [0.29, 0.717) is 38.4 Å². The number of ether oxygens (including phenoxy) is 1. The SMILES string of the molecule is CC(C)(C)OC(=O)N1CCN(Cc2ccc(C(F)(F)F)cn2)CC1. The molecule has 0 aromatic carbocycles. The molecule has 8 heteroatoms. The van der Waals surface area contributed by atoms with Crippen molar-refractivity contribution < 1.29 is 22.7 Å². The van der Waals surface area contributed by atoms with Crippen molar-refractivity contribution in [3.63, 3.8) is 0 Å². The number of rotatable bonds is 2. The Hall–Kier alpha value is -1.83. The van der Waals surface area contributed by atoms with Crippen LogP contribution in [0.4, 0.5) is 18.0 Å². The number of piperazine rings is 1. The van der Waals surface area contributed by atoms with Gasteiger partial charge in [-0.3, -0.25) is 9.88 Å². The van der Waals surface area contributed by atoms with E-state index in [1.807, 2.05) is 20.8 Å². The highest BCUT2D eigenvalue weighted by atomic mass is 19.4. The van der Waals surface area contributed by atoms with Crippen LogP contribution in [0.1, 0.15) is 32.0 Å². The van der Waals surface area contributed by atoms with Gasteiger partial charge in [-0.1, -0.05) is 0 Å². The predicted octanol–water partition coefficient (Wildman–Crippen LogP) is 3.15. The summed E-state index contributed by atoms with van der Waals surface area (Å²) in [6.45, 7) is 8.21. The predicted molar refractivity (Wildman–Crippen MR) is 82.3 cm³/mol. The average Bonchev–Trinajstić information content (AvgIpc) is 2.46. The summed E-state index contributed by atoms with van der Waals surface area (Å²) in [5, 5.41) is 0. The van der Waals surface area contributed by atoms with Gasteiger partial charge in [0.05, 0.1) is 11.3 Å². The molecule has 1 aliphatic heterocycles. The van der Waals surface area contributed by atoms with E-state index in [0.717, 1.165) is 12.3 Å². The zero-order valence-electron chi connectivity index (χ0n) is 14.1. The molecule has 0 atom stereocenters. The van der Waals surface area contributed by atoms with E-state index in [1.54, 1.807) is 4.90 Å². The second-order valence-corrected chi connectivity index (χ2v) is 6.78. The molecule has 0 aliphatic carbocycles. The second kappa shape index (κ2) is 6.96. The number of pyridine rings is 1. The van der Waals surface area contributed by atoms with Gasteiger partial charge in [-0.2, -0.15) is 13.2 Å². The summed E-state index contributed by atoms with van der Waals surface area (Å²) in [6.07, 6.45) is -3.86. The summed E-state index contributed by atoms with van der Waals surface area (Å²) in [4.78, 5) is 19.5. The van der Waals surface area contributed by atoms with E-state index in [9.17, 15) is 18.0 Å². The average molecular weight is 345 g/mol. The van der Waals surface area contributed by atoms with Gasteiger partial charge in [-0.25, -0.2) is 4.79 Å². The van der Waals surface area contributed by atoms with Crippen molar-refractivity contribution in [1.82, 2.24) is 14.8 Å². The van der Waals surface area contributed by atoms with Crippen molar-refractivity contribution in [2.75, 3.05) is 26.2 Å². The normalized spacial score (nSPS) is 17.0. The number of alkyl halides is 3. The van der Waals surface area contributed by atoms with Crippen molar-refractivity contribution in [2.24, 2.45) is 0 Å². The van der Waals surface area contributed by atoms with Crippen LogP contribution in [0.2, 0.25) is 0 Å². The van der Waals surface area contributed by atoms with E-state index in [-0.39, 0.29) is 6.09 Å². The molecule has 0 N–H and O–H groups in total. The lowest BCUT2D eigenvalue weighted by Gasteiger charge is -2.35. The summed E-state index contributed by atoms with van der Waals surface area (Å²) in [5.41, 5.74) is -0.701. The van der Waals surface area contributed by atoms with Gasteiger partial charge < -0.3 is 9.64 Å². The Morgan fingerprint density at radius 1 is 1.17 bits per heavy atom. The van der Waals surface area contributed by atoms with Crippen LogP contribution in [-0.4, -0.2) is 52.7 Å². The number of carbonyl (C=O) groups is 1. The highest BCUT2D eigenvalue weighted by Crippen LogP contribution is 2.28. The third-order valence-electron chi connectivity index (χ3n) is 3.56. The lowest BCUT2D eigenvalue weighted by atomic mass is 10.2. The highest BCUT2D eigenvalue weighted by Gasteiger charge is 2.31. The number of aromatic nitrogens is 1. The highest BCUT2D eigenvalue weighted by molar-refractivity contribution is 5.68. The first kappa shape index (κ1) is 18.5. The fraction of sp³-hybridized carbons (Fsp3) is 0.625. The molecule has 0 radical (unpaired) electrons. The topological polar surface area (TPSA) is 45.7 Å². The Bertz CT molecular complexity index is 559. The van der Waals surface area contributed by atoms with Gasteiger partial charge in [0.1, 0.15) is 5.60 Å². The Kier molecular flexibility index (Phi) is 5.37. The molecule has 1 aromatic rings.